The number of aryl methyl sites for hydroxylation is 1. The Morgan fingerprint density at radius 2 is 1.57 bits per heavy atom. The molecule has 0 aliphatic rings. The third kappa shape index (κ3) is 6.27. The van der Waals surface area contributed by atoms with Gasteiger partial charge < -0.3 is 19.1 Å². The minimum absolute atomic E-state index is 0.163. The molecule has 1 aromatic heterocycles. The molecule has 1 heterocycles. The van der Waals surface area contributed by atoms with Crippen LogP contribution in [0.25, 0.3) is 16.6 Å². The van der Waals surface area contributed by atoms with Gasteiger partial charge in [0.05, 0.1) is 44.0 Å². The maximum atomic E-state index is 14.4. The van der Waals surface area contributed by atoms with E-state index in [1.165, 1.54) is 21.3 Å². The molecule has 0 N–H and O–H groups in total. The van der Waals surface area contributed by atoms with E-state index in [4.69, 9.17) is 19.2 Å². The molecule has 0 aliphatic heterocycles. The number of hydrogen-bond donors (Lipinski definition) is 0. The zero-order chi connectivity index (χ0) is 30.2. The SMILES string of the molecule is CCCCCCN(C(=O)c1cc(OC)c(OC)c(OC)c1)C(CC)c1nc2ccccc2c(=O)n1-c1ccc(C)cc1. The maximum Gasteiger partial charge on any atom is 0.266 e. The third-order valence-corrected chi connectivity index (χ3v) is 7.58. The number of benzene rings is 3. The van der Waals surface area contributed by atoms with E-state index in [9.17, 15) is 9.59 Å². The fourth-order valence-electron chi connectivity index (χ4n) is 5.34. The summed E-state index contributed by atoms with van der Waals surface area (Å²) in [5.74, 6) is 1.55. The van der Waals surface area contributed by atoms with E-state index in [2.05, 4.69) is 6.92 Å². The van der Waals surface area contributed by atoms with Crippen LogP contribution in [0.4, 0.5) is 0 Å². The summed E-state index contributed by atoms with van der Waals surface area (Å²) < 4.78 is 18.3. The number of amides is 1. The van der Waals surface area contributed by atoms with Gasteiger partial charge in [-0.3, -0.25) is 14.2 Å². The Morgan fingerprint density at radius 3 is 2.17 bits per heavy atom. The minimum atomic E-state index is -0.475. The van der Waals surface area contributed by atoms with E-state index >= 15 is 0 Å². The third-order valence-electron chi connectivity index (χ3n) is 7.58. The first-order chi connectivity index (χ1) is 20.4. The number of methoxy groups -OCH3 is 3. The van der Waals surface area contributed by atoms with Crippen LogP contribution in [0.2, 0.25) is 0 Å². The second kappa shape index (κ2) is 14.0. The normalized spacial score (nSPS) is 11.8. The molecule has 8 nitrogen and oxygen atoms in total. The monoisotopic (exact) mass is 571 g/mol. The maximum absolute atomic E-state index is 14.4. The van der Waals surface area contributed by atoms with Crippen molar-refractivity contribution in [3.8, 4) is 22.9 Å². The molecule has 0 fully saturated rings. The van der Waals surface area contributed by atoms with Gasteiger partial charge in [0.25, 0.3) is 11.5 Å². The summed E-state index contributed by atoms with van der Waals surface area (Å²) in [6.07, 6.45) is 4.52. The average Bonchev–Trinajstić information content (AvgIpc) is 3.02. The molecule has 0 radical (unpaired) electrons. The molecule has 0 spiro atoms. The molecule has 42 heavy (non-hydrogen) atoms. The number of aromatic nitrogens is 2. The number of nitrogens with zero attached hydrogens (tertiary/aromatic N) is 3. The lowest BCUT2D eigenvalue weighted by Crippen LogP contribution is -2.39. The van der Waals surface area contributed by atoms with Gasteiger partial charge in [-0.1, -0.05) is 62.9 Å². The van der Waals surface area contributed by atoms with Crippen molar-refractivity contribution in [1.82, 2.24) is 14.5 Å². The average molecular weight is 572 g/mol. The predicted molar refractivity (Wildman–Crippen MR) is 166 cm³/mol. The molecule has 1 atom stereocenters. The molecular weight excluding hydrogens is 530 g/mol. The first kappa shape index (κ1) is 30.6. The van der Waals surface area contributed by atoms with Gasteiger partial charge in [-0.15, -0.1) is 0 Å². The Hall–Kier alpha value is -4.33. The zero-order valence-corrected chi connectivity index (χ0v) is 25.5. The quantitative estimate of drug-likeness (QED) is 0.163. The van der Waals surface area contributed by atoms with Gasteiger partial charge in [0.2, 0.25) is 5.75 Å². The van der Waals surface area contributed by atoms with Crippen molar-refractivity contribution in [1.29, 1.82) is 0 Å². The molecule has 0 saturated heterocycles. The van der Waals surface area contributed by atoms with Crippen molar-refractivity contribution < 1.29 is 19.0 Å². The second-order valence-corrected chi connectivity index (χ2v) is 10.4. The van der Waals surface area contributed by atoms with Crippen molar-refractivity contribution in [3.63, 3.8) is 0 Å². The van der Waals surface area contributed by atoms with Crippen molar-refractivity contribution in [2.45, 2.75) is 58.9 Å². The topological polar surface area (TPSA) is 82.9 Å². The lowest BCUT2D eigenvalue weighted by Gasteiger charge is -2.33. The Morgan fingerprint density at radius 1 is 0.905 bits per heavy atom. The summed E-state index contributed by atoms with van der Waals surface area (Å²) >= 11 is 0. The molecule has 0 saturated carbocycles. The van der Waals surface area contributed by atoms with Crippen molar-refractivity contribution in [2.24, 2.45) is 0 Å². The molecule has 0 bridgehead atoms. The number of carbonyl (C=O) groups is 1. The summed E-state index contributed by atoms with van der Waals surface area (Å²) in [7, 11) is 4.59. The summed E-state index contributed by atoms with van der Waals surface area (Å²) in [6, 6.07) is 18.0. The lowest BCUT2D eigenvalue weighted by atomic mass is 10.1. The van der Waals surface area contributed by atoms with Crippen LogP contribution in [-0.2, 0) is 0 Å². The molecule has 4 rings (SSSR count). The highest BCUT2D eigenvalue weighted by Crippen LogP contribution is 2.39. The van der Waals surface area contributed by atoms with E-state index < -0.39 is 6.04 Å². The van der Waals surface area contributed by atoms with Gasteiger partial charge in [-0.05, 0) is 56.2 Å². The highest BCUT2D eigenvalue weighted by molar-refractivity contribution is 5.96. The van der Waals surface area contributed by atoms with E-state index in [-0.39, 0.29) is 11.5 Å². The standard InChI is InChI=1S/C34H41N3O5/c1-7-9-10-13-20-36(33(38)24-21-29(40-4)31(42-6)30(22-24)41-5)28(8-2)32-35-27-15-12-11-14-26(27)34(39)37(32)25-18-16-23(3)17-19-25/h11-12,14-19,21-22,28H,7-10,13,20H2,1-6H3. The highest BCUT2D eigenvalue weighted by atomic mass is 16.5. The van der Waals surface area contributed by atoms with Crippen LogP contribution in [0.1, 0.15) is 73.7 Å². The number of hydrogen-bond acceptors (Lipinski definition) is 6. The van der Waals surface area contributed by atoms with Crippen LogP contribution in [0, 0.1) is 6.92 Å². The second-order valence-electron chi connectivity index (χ2n) is 10.4. The molecule has 1 unspecified atom stereocenters. The smallest absolute Gasteiger partial charge is 0.266 e. The number of para-hydroxylation sites is 1. The first-order valence-corrected chi connectivity index (χ1v) is 14.6. The van der Waals surface area contributed by atoms with E-state index in [1.807, 2.05) is 61.2 Å². The molecule has 3 aromatic carbocycles. The minimum Gasteiger partial charge on any atom is -0.493 e. The molecule has 8 heteroatoms. The molecule has 4 aromatic rings. The summed E-state index contributed by atoms with van der Waals surface area (Å²) in [4.78, 5) is 35.3. The number of fused-ring (bicyclic) bond motifs is 1. The van der Waals surface area contributed by atoms with Crippen LogP contribution in [0.5, 0.6) is 17.2 Å². The van der Waals surface area contributed by atoms with Gasteiger partial charge in [-0.25, -0.2) is 4.98 Å². The Bertz CT molecular complexity index is 1550. The van der Waals surface area contributed by atoms with Crippen LogP contribution < -0.4 is 19.8 Å². The highest BCUT2D eigenvalue weighted by Gasteiger charge is 2.31. The van der Waals surface area contributed by atoms with Crippen molar-refractivity contribution in [3.05, 3.63) is 88.0 Å². The van der Waals surface area contributed by atoms with E-state index in [0.717, 1.165) is 31.2 Å². The number of carbonyl (C=O) groups excluding carboxylic acids is 1. The van der Waals surface area contributed by atoms with Gasteiger partial charge in [0.15, 0.2) is 11.5 Å². The van der Waals surface area contributed by atoms with Gasteiger partial charge in [0.1, 0.15) is 5.82 Å². The largest absolute Gasteiger partial charge is 0.493 e. The first-order valence-electron chi connectivity index (χ1n) is 14.6. The van der Waals surface area contributed by atoms with Gasteiger partial charge in [-0.2, -0.15) is 0 Å². The Balaban J connectivity index is 1.92. The van der Waals surface area contributed by atoms with Gasteiger partial charge >= 0.3 is 0 Å². The Labute approximate surface area is 247 Å². The predicted octanol–water partition coefficient (Wildman–Crippen LogP) is 6.89. The summed E-state index contributed by atoms with van der Waals surface area (Å²) in [6.45, 7) is 6.69. The van der Waals surface area contributed by atoms with E-state index in [1.54, 1.807) is 22.8 Å². The van der Waals surface area contributed by atoms with Gasteiger partial charge in [0, 0.05) is 12.1 Å². The molecule has 222 valence electrons. The number of rotatable bonds is 13. The fraction of sp³-hybridized carbons (Fsp3) is 0.382. The summed E-state index contributed by atoms with van der Waals surface area (Å²) in [5.41, 5.74) is 2.64. The Kier molecular flexibility index (Phi) is 10.2. The van der Waals surface area contributed by atoms with Crippen molar-refractivity contribution in [2.75, 3.05) is 27.9 Å². The number of unbranched alkanes of at least 4 members (excludes halogenated alkanes) is 3. The van der Waals surface area contributed by atoms with E-state index in [0.29, 0.717) is 58.2 Å². The molecule has 1 amide bonds. The van der Waals surface area contributed by atoms with Crippen LogP contribution >= 0.6 is 0 Å². The lowest BCUT2D eigenvalue weighted by molar-refractivity contribution is 0.0654. The molecular formula is C34H41N3O5. The van der Waals surface area contributed by atoms with Crippen LogP contribution in [0.15, 0.2) is 65.5 Å². The molecule has 0 aliphatic carbocycles. The zero-order valence-electron chi connectivity index (χ0n) is 25.5. The number of ether oxygens (including phenoxy) is 3. The fourth-order valence-corrected chi connectivity index (χ4v) is 5.34. The summed E-state index contributed by atoms with van der Waals surface area (Å²) in [5, 5.41) is 0.530. The van der Waals surface area contributed by atoms with Crippen LogP contribution in [0.3, 0.4) is 0 Å². The van der Waals surface area contributed by atoms with Crippen molar-refractivity contribution >= 4 is 16.8 Å². The van der Waals surface area contributed by atoms with Crippen LogP contribution in [-0.4, -0.2) is 48.2 Å².